The molecule has 30 heavy (non-hydrogen) atoms. The van der Waals surface area contributed by atoms with Gasteiger partial charge < -0.3 is 18.6 Å². The molecule has 2 aromatic carbocycles. The van der Waals surface area contributed by atoms with Crippen LogP contribution in [0.2, 0.25) is 0 Å². The van der Waals surface area contributed by atoms with Crippen molar-refractivity contribution in [2.24, 2.45) is 0 Å². The number of benzene rings is 2. The largest absolute Gasteiger partial charge is 0.486 e. The van der Waals surface area contributed by atoms with Crippen LogP contribution in [0.1, 0.15) is 17.0 Å². The Morgan fingerprint density at radius 1 is 1.00 bits per heavy atom. The van der Waals surface area contributed by atoms with Gasteiger partial charge in [0.15, 0.2) is 12.4 Å². The van der Waals surface area contributed by atoms with Gasteiger partial charge in [0.05, 0.1) is 18.4 Å². The molecule has 1 heterocycles. The zero-order valence-corrected chi connectivity index (χ0v) is 16.2. The number of oxazole rings is 1. The predicted octanol–water partition coefficient (Wildman–Crippen LogP) is 4.80. The van der Waals surface area contributed by atoms with E-state index in [9.17, 15) is 18.0 Å². The average molecular weight is 421 g/mol. The van der Waals surface area contributed by atoms with E-state index in [-0.39, 0.29) is 19.1 Å². The van der Waals surface area contributed by atoms with Gasteiger partial charge in [-0.05, 0) is 55.5 Å². The lowest BCUT2D eigenvalue weighted by molar-refractivity contribution is -0.143. The van der Waals surface area contributed by atoms with Gasteiger partial charge in [-0.3, -0.25) is 0 Å². The predicted molar refractivity (Wildman–Crippen MR) is 100.0 cm³/mol. The molecule has 0 fully saturated rings. The van der Waals surface area contributed by atoms with Crippen molar-refractivity contribution in [3.8, 4) is 23.0 Å². The zero-order chi connectivity index (χ0) is 21.7. The monoisotopic (exact) mass is 421 g/mol. The summed E-state index contributed by atoms with van der Waals surface area (Å²) < 4.78 is 59.1. The Labute approximate surface area is 170 Å². The van der Waals surface area contributed by atoms with E-state index in [1.807, 2.05) is 0 Å². The maximum Gasteiger partial charge on any atom is 0.416 e. The second-order valence-corrected chi connectivity index (χ2v) is 6.23. The zero-order valence-electron chi connectivity index (χ0n) is 16.2. The molecule has 0 atom stereocenters. The van der Waals surface area contributed by atoms with E-state index in [1.54, 1.807) is 31.2 Å². The Hall–Kier alpha value is -3.49. The van der Waals surface area contributed by atoms with Crippen LogP contribution in [0.3, 0.4) is 0 Å². The van der Waals surface area contributed by atoms with E-state index in [1.165, 1.54) is 19.2 Å². The van der Waals surface area contributed by atoms with Crippen molar-refractivity contribution in [2.45, 2.75) is 19.7 Å². The van der Waals surface area contributed by atoms with Gasteiger partial charge in [-0.25, -0.2) is 9.78 Å². The molecule has 0 saturated heterocycles. The molecular formula is C21H18F3NO5. The van der Waals surface area contributed by atoms with Crippen LogP contribution in [-0.4, -0.2) is 24.7 Å². The van der Waals surface area contributed by atoms with E-state index in [4.69, 9.17) is 13.9 Å². The molecule has 0 saturated carbocycles. The van der Waals surface area contributed by atoms with Gasteiger partial charge in [-0.1, -0.05) is 0 Å². The van der Waals surface area contributed by atoms with Gasteiger partial charge in [0.1, 0.15) is 18.1 Å². The Morgan fingerprint density at radius 3 is 2.17 bits per heavy atom. The van der Waals surface area contributed by atoms with Crippen LogP contribution in [-0.2, 0) is 22.3 Å². The van der Waals surface area contributed by atoms with Gasteiger partial charge in [0.2, 0.25) is 5.89 Å². The lowest BCUT2D eigenvalue weighted by Crippen LogP contribution is -2.12. The summed E-state index contributed by atoms with van der Waals surface area (Å²) in [5.41, 5.74) is 0.268. The number of methoxy groups -OCH3 is 1. The molecule has 3 aromatic rings. The lowest BCUT2D eigenvalue weighted by atomic mass is 10.1. The van der Waals surface area contributed by atoms with E-state index in [2.05, 4.69) is 9.72 Å². The van der Waals surface area contributed by atoms with Crippen molar-refractivity contribution >= 4 is 5.97 Å². The standard InChI is InChI=1S/C21H18F3NO5/c1-13-18(11-28-16-7-9-17(10-8-16)29-12-19(26)27-2)30-20(25-13)14-3-5-15(6-4-14)21(22,23)24/h3-10H,11-12H2,1-2H3. The van der Waals surface area contributed by atoms with Crippen LogP contribution < -0.4 is 9.47 Å². The quantitative estimate of drug-likeness (QED) is 0.511. The Kier molecular flexibility index (Phi) is 6.29. The number of carbonyl (C=O) groups excluding carboxylic acids is 1. The minimum atomic E-state index is -4.40. The first-order chi connectivity index (χ1) is 14.3. The second-order valence-electron chi connectivity index (χ2n) is 6.23. The topological polar surface area (TPSA) is 70.8 Å². The number of nitrogens with zero attached hydrogens (tertiary/aromatic N) is 1. The van der Waals surface area contributed by atoms with E-state index in [0.717, 1.165) is 12.1 Å². The van der Waals surface area contributed by atoms with Crippen molar-refractivity contribution in [2.75, 3.05) is 13.7 Å². The van der Waals surface area contributed by atoms with Gasteiger partial charge in [-0.2, -0.15) is 13.2 Å². The molecule has 0 aliphatic carbocycles. The number of alkyl halides is 3. The van der Waals surface area contributed by atoms with Crippen LogP contribution in [0.25, 0.3) is 11.5 Å². The first kappa shape index (κ1) is 21.2. The number of ether oxygens (including phenoxy) is 3. The summed E-state index contributed by atoms with van der Waals surface area (Å²) in [6.45, 7) is 1.61. The minimum absolute atomic E-state index is 0.0852. The lowest BCUT2D eigenvalue weighted by Gasteiger charge is -2.07. The summed E-state index contributed by atoms with van der Waals surface area (Å²) in [6, 6.07) is 11.2. The number of halogens is 3. The van der Waals surface area contributed by atoms with Crippen molar-refractivity contribution in [1.29, 1.82) is 0 Å². The summed E-state index contributed by atoms with van der Waals surface area (Å²) in [5, 5.41) is 0. The van der Waals surface area contributed by atoms with Crippen LogP contribution in [0.5, 0.6) is 11.5 Å². The highest BCUT2D eigenvalue weighted by molar-refractivity contribution is 5.70. The Bertz CT molecular complexity index is 995. The van der Waals surface area contributed by atoms with Crippen LogP contribution in [0.15, 0.2) is 52.9 Å². The molecule has 0 aliphatic rings. The van der Waals surface area contributed by atoms with Gasteiger partial charge in [0, 0.05) is 5.56 Å². The normalized spacial score (nSPS) is 11.2. The molecule has 0 N–H and O–H groups in total. The smallest absolute Gasteiger partial charge is 0.416 e. The van der Waals surface area contributed by atoms with E-state index < -0.39 is 17.7 Å². The molecule has 0 amide bonds. The summed E-state index contributed by atoms with van der Waals surface area (Å²) in [4.78, 5) is 15.3. The van der Waals surface area contributed by atoms with Crippen LogP contribution in [0, 0.1) is 6.92 Å². The molecule has 0 aliphatic heterocycles. The number of carbonyl (C=O) groups is 1. The molecule has 0 radical (unpaired) electrons. The number of aryl methyl sites for hydroxylation is 1. The molecule has 1 aromatic heterocycles. The molecule has 9 heteroatoms. The third kappa shape index (κ3) is 5.31. The number of aromatic nitrogens is 1. The Morgan fingerprint density at radius 2 is 1.60 bits per heavy atom. The van der Waals surface area contributed by atoms with Gasteiger partial charge >= 0.3 is 12.1 Å². The van der Waals surface area contributed by atoms with Gasteiger partial charge in [0.25, 0.3) is 0 Å². The van der Waals surface area contributed by atoms with E-state index >= 15 is 0 Å². The van der Waals surface area contributed by atoms with Crippen molar-refractivity contribution < 1.29 is 36.6 Å². The molecule has 3 rings (SSSR count). The molecule has 0 unspecified atom stereocenters. The minimum Gasteiger partial charge on any atom is -0.486 e. The third-order valence-corrected chi connectivity index (χ3v) is 4.13. The number of rotatable bonds is 7. The maximum atomic E-state index is 12.7. The molecule has 158 valence electrons. The third-order valence-electron chi connectivity index (χ3n) is 4.13. The van der Waals surface area contributed by atoms with Crippen molar-refractivity contribution in [3.63, 3.8) is 0 Å². The van der Waals surface area contributed by atoms with Crippen molar-refractivity contribution in [3.05, 3.63) is 65.5 Å². The van der Waals surface area contributed by atoms with Crippen molar-refractivity contribution in [1.82, 2.24) is 4.98 Å². The fourth-order valence-electron chi connectivity index (χ4n) is 2.47. The highest BCUT2D eigenvalue weighted by atomic mass is 19.4. The summed E-state index contributed by atoms with van der Waals surface area (Å²) >= 11 is 0. The molecule has 0 spiro atoms. The van der Waals surface area contributed by atoms with Crippen LogP contribution in [0.4, 0.5) is 13.2 Å². The fraction of sp³-hybridized carbons (Fsp3) is 0.238. The molecule has 6 nitrogen and oxygen atoms in total. The summed E-state index contributed by atoms with van der Waals surface area (Å²) in [6.07, 6.45) is -4.40. The summed E-state index contributed by atoms with van der Waals surface area (Å²) in [5.74, 6) is 1.20. The summed E-state index contributed by atoms with van der Waals surface area (Å²) in [7, 11) is 1.27. The number of esters is 1. The fourth-order valence-corrected chi connectivity index (χ4v) is 2.47. The first-order valence-electron chi connectivity index (χ1n) is 8.82. The number of hydrogen-bond donors (Lipinski definition) is 0. The van der Waals surface area contributed by atoms with E-state index in [0.29, 0.717) is 28.5 Å². The van der Waals surface area contributed by atoms with Gasteiger partial charge in [-0.15, -0.1) is 0 Å². The number of hydrogen-bond acceptors (Lipinski definition) is 6. The average Bonchev–Trinajstić information content (AvgIpc) is 3.11. The highest BCUT2D eigenvalue weighted by Crippen LogP contribution is 2.31. The second kappa shape index (κ2) is 8.89. The first-order valence-corrected chi connectivity index (χ1v) is 8.82. The SMILES string of the molecule is COC(=O)COc1ccc(OCc2oc(-c3ccc(C(F)(F)F)cc3)nc2C)cc1. The molecular weight excluding hydrogens is 403 g/mol. The van der Waals surface area contributed by atoms with Crippen LogP contribution >= 0.6 is 0 Å². The maximum absolute atomic E-state index is 12.7. The molecule has 0 bridgehead atoms. The Balaban J connectivity index is 1.61. The highest BCUT2D eigenvalue weighted by Gasteiger charge is 2.30.